The molecule has 0 unspecified atom stereocenters. The Morgan fingerprint density at radius 2 is 2.13 bits per heavy atom. The summed E-state index contributed by atoms with van der Waals surface area (Å²) in [5.41, 5.74) is 1.69. The van der Waals surface area contributed by atoms with E-state index in [1.54, 1.807) is 4.68 Å². The normalized spacial score (nSPS) is 16.0. The molecule has 0 atom stereocenters. The summed E-state index contributed by atoms with van der Waals surface area (Å²) in [4.78, 5) is 14.0. The molecule has 4 nitrogen and oxygen atoms in total. The Bertz CT molecular complexity index is 364. The van der Waals surface area contributed by atoms with Crippen LogP contribution in [-0.4, -0.2) is 33.7 Å². The third-order valence-corrected chi connectivity index (χ3v) is 2.86. The minimum absolute atomic E-state index is 0.150. The van der Waals surface area contributed by atoms with E-state index in [1.165, 1.54) is 0 Å². The lowest BCUT2D eigenvalue weighted by Gasteiger charge is -2.14. The maximum atomic E-state index is 12.1. The van der Waals surface area contributed by atoms with Crippen molar-refractivity contribution >= 4 is 5.91 Å². The minimum atomic E-state index is 0.150. The second-order valence-corrected chi connectivity index (χ2v) is 4.02. The molecule has 0 radical (unpaired) electrons. The molecule has 1 fully saturated rings. The third-order valence-electron chi connectivity index (χ3n) is 2.86. The van der Waals surface area contributed by atoms with E-state index in [0.29, 0.717) is 0 Å². The van der Waals surface area contributed by atoms with Gasteiger partial charge in [0.1, 0.15) is 0 Å². The number of aromatic nitrogens is 2. The largest absolute Gasteiger partial charge is 0.339 e. The van der Waals surface area contributed by atoms with Crippen molar-refractivity contribution in [1.82, 2.24) is 14.7 Å². The van der Waals surface area contributed by atoms with E-state index in [9.17, 15) is 4.79 Å². The van der Waals surface area contributed by atoms with Gasteiger partial charge in [-0.1, -0.05) is 6.92 Å². The summed E-state index contributed by atoms with van der Waals surface area (Å²) in [7, 11) is 1.86. The fourth-order valence-corrected chi connectivity index (χ4v) is 2.06. The third kappa shape index (κ3) is 1.89. The van der Waals surface area contributed by atoms with E-state index in [1.807, 2.05) is 25.1 Å². The number of likely N-dealkylation sites (tertiary alicyclic amines) is 1. The number of aryl methyl sites for hydroxylation is 2. The Morgan fingerprint density at radius 3 is 2.73 bits per heavy atom. The Morgan fingerprint density at radius 1 is 1.47 bits per heavy atom. The van der Waals surface area contributed by atoms with Crippen LogP contribution < -0.4 is 0 Å². The zero-order valence-electron chi connectivity index (χ0n) is 9.36. The zero-order chi connectivity index (χ0) is 10.8. The van der Waals surface area contributed by atoms with Crippen LogP contribution >= 0.6 is 0 Å². The number of hydrogen-bond acceptors (Lipinski definition) is 2. The second-order valence-electron chi connectivity index (χ2n) is 4.02. The lowest BCUT2D eigenvalue weighted by molar-refractivity contribution is 0.0791. The number of rotatable bonds is 2. The average molecular weight is 207 g/mol. The van der Waals surface area contributed by atoms with Crippen LogP contribution in [0.2, 0.25) is 0 Å². The highest BCUT2D eigenvalue weighted by atomic mass is 16.2. The van der Waals surface area contributed by atoms with Crippen LogP contribution in [-0.2, 0) is 13.5 Å². The zero-order valence-corrected chi connectivity index (χ0v) is 9.36. The van der Waals surface area contributed by atoms with Gasteiger partial charge in [0.2, 0.25) is 0 Å². The van der Waals surface area contributed by atoms with Gasteiger partial charge in [-0.05, 0) is 19.3 Å². The summed E-state index contributed by atoms with van der Waals surface area (Å²) in [5.74, 6) is 0.150. The molecule has 0 bridgehead atoms. The van der Waals surface area contributed by atoms with E-state index in [2.05, 4.69) is 5.10 Å². The predicted molar refractivity (Wildman–Crippen MR) is 57.7 cm³/mol. The van der Waals surface area contributed by atoms with Gasteiger partial charge in [-0.2, -0.15) is 5.10 Å². The standard InChI is InChI=1S/C11H17N3O/c1-3-10-9(8-13(2)12-10)11(15)14-6-4-5-7-14/h8H,3-7H2,1-2H3. The first-order chi connectivity index (χ1) is 7.22. The van der Waals surface area contributed by atoms with Crippen LogP contribution in [0.25, 0.3) is 0 Å². The van der Waals surface area contributed by atoms with Crippen molar-refractivity contribution < 1.29 is 4.79 Å². The summed E-state index contributed by atoms with van der Waals surface area (Å²) < 4.78 is 1.72. The molecule has 1 amide bonds. The van der Waals surface area contributed by atoms with E-state index in [4.69, 9.17) is 0 Å². The quantitative estimate of drug-likeness (QED) is 0.731. The lowest BCUT2D eigenvalue weighted by Crippen LogP contribution is -2.28. The summed E-state index contributed by atoms with van der Waals surface area (Å²) in [6, 6.07) is 0. The molecule has 0 N–H and O–H groups in total. The summed E-state index contributed by atoms with van der Waals surface area (Å²) in [5, 5.41) is 4.29. The monoisotopic (exact) mass is 207 g/mol. The van der Waals surface area contributed by atoms with Gasteiger partial charge in [0, 0.05) is 26.3 Å². The van der Waals surface area contributed by atoms with Crippen molar-refractivity contribution in [2.45, 2.75) is 26.2 Å². The second kappa shape index (κ2) is 4.04. The van der Waals surface area contributed by atoms with Gasteiger partial charge in [-0.3, -0.25) is 9.48 Å². The van der Waals surface area contributed by atoms with Crippen molar-refractivity contribution in [1.29, 1.82) is 0 Å². The van der Waals surface area contributed by atoms with E-state index < -0.39 is 0 Å². The molecule has 2 heterocycles. The van der Waals surface area contributed by atoms with Gasteiger partial charge in [-0.25, -0.2) is 0 Å². The first-order valence-corrected chi connectivity index (χ1v) is 5.54. The molecular formula is C11H17N3O. The molecule has 1 aromatic rings. The molecule has 1 saturated heterocycles. The van der Waals surface area contributed by atoms with Crippen LogP contribution in [0.15, 0.2) is 6.20 Å². The first-order valence-electron chi connectivity index (χ1n) is 5.54. The molecule has 1 aromatic heterocycles. The Hall–Kier alpha value is -1.32. The Labute approximate surface area is 89.9 Å². The van der Waals surface area contributed by atoms with Gasteiger partial charge in [0.05, 0.1) is 11.3 Å². The minimum Gasteiger partial charge on any atom is -0.339 e. The number of carbonyl (C=O) groups is 1. The van der Waals surface area contributed by atoms with Gasteiger partial charge in [0.25, 0.3) is 5.91 Å². The van der Waals surface area contributed by atoms with Crippen LogP contribution in [0, 0.1) is 0 Å². The van der Waals surface area contributed by atoms with Crippen molar-refractivity contribution in [2.24, 2.45) is 7.05 Å². The first kappa shape index (κ1) is 10.2. The van der Waals surface area contributed by atoms with Crippen LogP contribution in [0.3, 0.4) is 0 Å². The summed E-state index contributed by atoms with van der Waals surface area (Å²) >= 11 is 0. The van der Waals surface area contributed by atoms with Gasteiger partial charge < -0.3 is 4.90 Å². The maximum absolute atomic E-state index is 12.1. The molecule has 2 rings (SSSR count). The van der Waals surface area contributed by atoms with Gasteiger partial charge in [0.15, 0.2) is 0 Å². The number of amides is 1. The van der Waals surface area contributed by atoms with E-state index >= 15 is 0 Å². The molecular weight excluding hydrogens is 190 g/mol. The molecule has 0 spiro atoms. The Balaban J connectivity index is 2.23. The highest BCUT2D eigenvalue weighted by Crippen LogP contribution is 2.15. The highest BCUT2D eigenvalue weighted by Gasteiger charge is 2.23. The molecule has 0 aliphatic carbocycles. The van der Waals surface area contributed by atoms with Crippen molar-refractivity contribution in [3.05, 3.63) is 17.5 Å². The lowest BCUT2D eigenvalue weighted by atomic mass is 10.2. The molecule has 0 aromatic carbocycles. The van der Waals surface area contributed by atoms with Gasteiger partial charge in [-0.15, -0.1) is 0 Å². The molecule has 4 heteroatoms. The SMILES string of the molecule is CCc1nn(C)cc1C(=O)N1CCCC1. The van der Waals surface area contributed by atoms with Crippen LogP contribution in [0.5, 0.6) is 0 Å². The smallest absolute Gasteiger partial charge is 0.257 e. The molecule has 0 saturated carbocycles. The number of nitrogens with zero attached hydrogens (tertiary/aromatic N) is 3. The molecule has 15 heavy (non-hydrogen) atoms. The molecule has 1 aliphatic rings. The topological polar surface area (TPSA) is 38.1 Å². The fraction of sp³-hybridized carbons (Fsp3) is 0.636. The van der Waals surface area contributed by atoms with Crippen molar-refractivity contribution in [2.75, 3.05) is 13.1 Å². The molecule has 1 aliphatic heterocycles. The molecule has 82 valence electrons. The maximum Gasteiger partial charge on any atom is 0.257 e. The average Bonchev–Trinajstić information content (AvgIpc) is 2.84. The van der Waals surface area contributed by atoms with Gasteiger partial charge >= 0.3 is 0 Å². The number of hydrogen-bond donors (Lipinski definition) is 0. The van der Waals surface area contributed by atoms with Crippen molar-refractivity contribution in [3.63, 3.8) is 0 Å². The van der Waals surface area contributed by atoms with E-state index in [-0.39, 0.29) is 5.91 Å². The summed E-state index contributed by atoms with van der Waals surface area (Å²) in [6.45, 7) is 3.83. The predicted octanol–water partition coefficient (Wildman–Crippen LogP) is 1.22. The fourth-order valence-electron chi connectivity index (χ4n) is 2.06. The number of carbonyl (C=O) groups excluding carboxylic acids is 1. The Kier molecular flexibility index (Phi) is 2.75. The highest BCUT2D eigenvalue weighted by molar-refractivity contribution is 5.95. The van der Waals surface area contributed by atoms with E-state index in [0.717, 1.165) is 43.6 Å². The summed E-state index contributed by atoms with van der Waals surface area (Å²) in [6.07, 6.45) is 4.91. The van der Waals surface area contributed by atoms with Crippen molar-refractivity contribution in [3.8, 4) is 0 Å². The van der Waals surface area contributed by atoms with Crippen LogP contribution in [0.1, 0.15) is 35.8 Å². The van der Waals surface area contributed by atoms with Crippen LogP contribution in [0.4, 0.5) is 0 Å².